The van der Waals surface area contributed by atoms with E-state index in [-0.39, 0.29) is 5.91 Å². The molecule has 0 saturated carbocycles. The zero-order valence-corrected chi connectivity index (χ0v) is 12.4. The van der Waals surface area contributed by atoms with Gasteiger partial charge in [-0.3, -0.25) is 4.79 Å². The van der Waals surface area contributed by atoms with Crippen LogP contribution in [0.25, 0.3) is 0 Å². The van der Waals surface area contributed by atoms with Gasteiger partial charge in [0.2, 0.25) is 0 Å². The number of benzene rings is 1. The number of pyridine rings is 1. The number of nitrogens with one attached hydrogen (secondary N) is 1. The van der Waals surface area contributed by atoms with Crippen molar-refractivity contribution >= 4 is 33.4 Å². The summed E-state index contributed by atoms with van der Waals surface area (Å²) in [6.07, 6.45) is 2.34. The van der Waals surface area contributed by atoms with Gasteiger partial charge in [-0.05, 0) is 52.2 Å². The second-order valence-electron chi connectivity index (χ2n) is 4.00. The van der Waals surface area contributed by atoms with Gasteiger partial charge in [0, 0.05) is 23.3 Å². The SMILES string of the molecule is O=C(NCCc1cccc(Cl)c1)c1ccnc(Br)c1. The van der Waals surface area contributed by atoms with Gasteiger partial charge in [-0.15, -0.1) is 0 Å². The fourth-order valence-corrected chi connectivity index (χ4v) is 2.24. The summed E-state index contributed by atoms with van der Waals surface area (Å²) >= 11 is 9.14. The van der Waals surface area contributed by atoms with E-state index in [4.69, 9.17) is 11.6 Å². The Morgan fingerprint density at radius 1 is 1.32 bits per heavy atom. The molecule has 0 fully saturated rings. The molecule has 0 unspecified atom stereocenters. The third kappa shape index (κ3) is 4.33. The summed E-state index contributed by atoms with van der Waals surface area (Å²) in [6.45, 7) is 0.569. The van der Waals surface area contributed by atoms with E-state index in [1.165, 1.54) is 0 Å². The number of carbonyl (C=O) groups is 1. The first-order valence-corrected chi connectivity index (χ1v) is 6.96. The maximum absolute atomic E-state index is 11.9. The van der Waals surface area contributed by atoms with Gasteiger partial charge in [-0.25, -0.2) is 4.98 Å². The Kier molecular flexibility index (Phi) is 4.93. The minimum Gasteiger partial charge on any atom is -0.352 e. The number of amides is 1. The Labute approximate surface area is 125 Å². The molecule has 0 aliphatic heterocycles. The summed E-state index contributed by atoms with van der Waals surface area (Å²) in [4.78, 5) is 15.9. The molecule has 0 aliphatic rings. The number of hydrogen-bond acceptors (Lipinski definition) is 2. The Bertz CT molecular complexity index is 589. The fraction of sp³-hybridized carbons (Fsp3) is 0.143. The van der Waals surface area contributed by atoms with Crippen molar-refractivity contribution in [3.05, 3.63) is 63.3 Å². The molecule has 0 atom stereocenters. The predicted molar refractivity (Wildman–Crippen MR) is 79.4 cm³/mol. The molecule has 1 N–H and O–H groups in total. The summed E-state index contributed by atoms with van der Waals surface area (Å²) in [6, 6.07) is 11.0. The third-order valence-corrected chi connectivity index (χ3v) is 3.25. The van der Waals surface area contributed by atoms with Crippen LogP contribution in [0.2, 0.25) is 5.02 Å². The zero-order chi connectivity index (χ0) is 13.7. The van der Waals surface area contributed by atoms with E-state index in [1.807, 2.05) is 24.3 Å². The van der Waals surface area contributed by atoms with Crippen molar-refractivity contribution in [3.63, 3.8) is 0 Å². The molecule has 5 heteroatoms. The van der Waals surface area contributed by atoms with E-state index in [9.17, 15) is 4.79 Å². The lowest BCUT2D eigenvalue weighted by molar-refractivity contribution is 0.0954. The number of nitrogens with zero attached hydrogens (tertiary/aromatic N) is 1. The normalized spacial score (nSPS) is 10.2. The average Bonchev–Trinajstić information content (AvgIpc) is 2.38. The molecule has 3 nitrogen and oxygen atoms in total. The molecular formula is C14H12BrClN2O. The summed E-state index contributed by atoms with van der Waals surface area (Å²) in [5.74, 6) is -0.106. The van der Waals surface area contributed by atoms with Gasteiger partial charge in [0.25, 0.3) is 5.91 Å². The van der Waals surface area contributed by atoms with Crippen LogP contribution >= 0.6 is 27.5 Å². The molecule has 0 radical (unpaired) electrons. The van der Waals surface area contributed by atoms with E-state index in [0.29, 0.717) is 21.7 Å². The van der Waals surface area contributed by atoms with Crippen LogP contribution < -0.4 is 5.32 Å². The molecular weight excluding hydrogens is 328 g/mol. The highest BCUT2D eigenvalue weighted by molar-refractivity contribution is 9.10. The minimum absolute atomic E-state index is 0.106. The predicted octanol–water partition coefficient (Wildman–Crippen LogP) is 3.47. The molecule has 0 saturated heterocycles. The topological polar surface area (TPSA) is 42.0 Å². The average molecular weight is 340 g/mol. The molecule has 2 aromatic rings. The van der Waals surface area contributed by atoms with Crippen LogP contribution in [-0.2, 0) is 6.42 Å². The van der Waals surface area contributed by atoms with Crippen LogP contribution in [0.1, 0.15) is 15.9 Å². The second-order valence-corrected chi connectivity index (χ2v) is 5.25. The maximum atomic E-state index is 11.9. The smallest absolute Gasteiger partial charge is 0.251 e. The van der Waals surface area contributed by atoms with E-state index in [2.05, 4.69) is 26.2 Å². The minimum atomic E-state index is -0.106. The van der Waals surface area contributed by atoms with Crippen LogP contribution in [-0.4, -0.2) is 17.4 Å². The lowest BCUT2D eigenvalue weighted by Gasteiger charge is -2.06. The zero-order valence-electron chi connectivity index (χ0n) is 10.1. The number of rotatable bonds is 4. The lowest BCUT2D eigenvalue weighted by Crippen LogP contribution is -2.25. The number of carbonyl (C=O) groups excluding carboxylic acids is 1. The highest BCUT2D eigenvalue weighted by Crippen LogP contribution is 2.11. The molecule has 0 aliphatic carbocycles. The van der Waals surface area contributed by atoms with Crippen molar-refractivity contribution in [2.75, 3.05) is 6.54 Å². The maximum Gasteiger partial charge on any atom is 0.251 e. The van der Waals surface area contributed by atoms with Gasteiger partial charge in [0.15, 0.2) is 0 Å². The standard InChI is InChI=1S/C14H12BrClN2O/c15-13-9-11(5-7-17-13)14(19)18-6-4-10-2-1-3-12(16)8-10/h1-3,5,7-9H,4,6H2,(H,18,19). The number of halogens is 2. The van der Waals surface area contributed by atoms with Gasteiger partial charge in [0.1, 0.15) is 4.60 Å². The monoisotopic (exact) mass is 338 g/mol. The molecule has 1 aromatic heterocycles. The fourth-order valence-electron chi connectivity index (χ4n) is 1.66. The van der Waals surface area contributed by atoms with Gasteiger partial charge in [-0.2, -0.15) is 0 Å². The van der Waals surface area contributed by atoms with E-state index in [1.54, 1.807) is 18.3 Å². The summed E-state index contributed by atoms with van der Waals surface area (Å²) in [5, 5.41) is 3.57. The molecule has 1 amide bonds. The first-order chi connectivity index (χ1) is 9.15. The van der Waals surface area contributed by atoms with E-state index < -0.39 is 0 Å². The third-order valence-electron chi connectivity index (χ3n) is 2.58. The summed E-state index contributed by atoms with van der Waals surface area (Å²) in [7, 11) is 0. The van der Waals surface area contributed by atoms with Crippen LogP contribution in [0.5, 0.6) is 0 Å². The first kappa shape index (κ1) is 14.0. The number of hydrogen-bond donors (Lipinski definition) is 1. The highest BCUT2D eigenvalue weighted by atomic mass is 79.9. The largest absolute Gasteiger partial charge is 0.352 e. The Hall–Kier alpha value is -1.39. The van der Waals surface area contributed by atoms with Gasteiger partial charge in [-0.1, -0.05) is 23.7 Å². The molecule has 1 heterocycles. The van der Waals surface area contributed by atoms with Gasteiger partial charge < -0.3 is 5.32 Å². The van der Waals surface area contributed by atoms with Crippen molar-refractivity contribution in [3.8, 4) is 0 Å². The Balaban J connectivity index is 1.87. The van der Waals surface area contributed by atoms with Crippen molar-refractivity contribution in [1.82, 2.24) is 10.3 Å². The molecule has 2 rings (SSSR count). The van der Waals surface area contributed by atoms with E-state index in [0.717, 1.165) is 12.0 Å². The molecule has 0 bridgehead atoms. The summed E-state index contributed by atoms with van der Waals surface area (Å²) < 4.78 is 0.648. The van der Waals surface area contributed by atoms with Crippen LogP contribution in [0, 0.1) is 0 Å². The molecule has 1 aromatic carbocycles. The Morgan fingerprint density at radius 3 is 2.89 bits per heavy atom. The van der Waals surface area contributed by atoms with Crippen molar-refractivity contribution in [1.29, 1.82) is 0 Å². The lowest BCUT2D eigenvalue weighted by atomic mass is 10.1. The second kappa shape index (κ2) is 6.68. The van der Waals surface area contributed by atoms with Crippen LogP contribution in [0.15, 0.2) is 47.2 Å². The highest BCUT2D eigenvalue weighted by Gasteiger charge is 2.05. The molecule has 19 heavy (non-hydrogen) atoms. The Morgan fingerprint density at radius 2 is 2.16 bits per heavy atom. The van der Waals surface area contributed by atoms with Gasteiger partial charge in [0.05, 0.1) is 0 Å². The van der Waals surface area contributed by atoms with Crippen LogP contribution in [0.3, 0.4) is 0 Å². The quantitative estimate of drug-likeness (QED) is 0.867. The first-order valence-electron chi connectivity index (χ1n) is 5.79. The molecule has 0 spiro atoms. The molecule has 98 valence electrons. The number of aromatic nitrogens is 1. The summed E-state index contributed by atoms with van der Waals surface area (Å²) in [5.41, 5.74) is 1.69. The van der Waals surface area contributed by atoms with Crippen molar-refractivity contribution in [2.24, 2.45) is 0 Å². The van der Waals surface area contributed by atoms with Crippen molar-refractivity contribution in [2.45, 2.75) is 6.42 Å². The van der Waals surface area contributed by atoms with Crippen molar-refractivity contribution < 1.29 is 4.79 Å². The van der Waals surface area contributed by atoms with E-state index >= 15 is 0 Å². The van der Waals surface area contributed by atoms with Crippen LogP contribution in [0.4, 0.5) is 0 Å². The van der Waals surface area contributed by atoms with Gasteiger partial charge >= 0.3 is 0 Å².